The first-order valence-corrected chi connectivity index (χ1v) is 5.70. The molecule has 15 heavy (non-hydrogen) atoms. The number of ether oxygens (including phenoxy) is 1. The zero-order chi connectivity index (χ0) is 11.3. The maximum atomic E-state index is 11.0. The number of tetrazole rings is 1. The number of carbonyl (C=O) groups is 1. The molecular weight excluding hydrogens is 284 g/mol. The topological polar surface area (TPSA) is 69.9 Å². The highest BCUT2D eigenvalue weighted by Crippen LogP contribution is 2.18. The second kappa shape index (κ2) is 5.86. The molecule has 0 amide bonds. The number of carbonyl (C=O) groups excluding carboxylic acids is 1. The largest absolute Gasteiger partial charge is 0.468 e. The van der Waals surface area contributed by atoms with Gasteiger partial charge in [-0.1, -0.05) is 34.3 Å². The van der Waals surface area contributed by atoms with Crippen molar-refractivity contribution in [1.29, 1.82) is 0 Å². The third-order valence-electron chi connectivity index (χ3n) is 1.36. The van der Waals surface area contributed by atoms with Crippen molar-refractivity contribution in [3.05, 3.63) is 11.1 Å². The van der Waals surface area contributed by atoms with Gasteiger partial charge >= 0.3 is 5.97 Å². The number of hydrogen-bond donors (Lipinski definition) is 0. The highest BCUT2D eigenvalue weighted by atomic mass is 79.9. The van der Waals surface area contributed by atoms with Gasteiger partial charge in [0.1, 0.15) is 6.54 Å². The number of methoxy groups -OCH3 is 1. The van der Waals surface area contributed by atoms with Crippen LogP contribution in [0.3, 0.4) is 0 Å². The molecule has 0 radical (unpaired) electrons. The van der Waals surface area contributed by atoms with E-state index >= 15 is 0 Å². The van der Waals surface area contributed by atoms with Crippen molar-refractivity contribution in [2.75, 3.05) is 12.9 Å². The van der Waals surface area contributed by atoms with Crippen LogP contribution in [0.2, 0.25) is 0 Å². The fourth-order valence-electron chi connectivity index (χ4n) is 0.729. The Bertz CT molecular complexity index is 368. The van der Waals surface area contributed by atoms with Crippen LogP contribution < -0.4 is 0 Å². The molecule has 82 valence electrons. The lowest BCUT2D eigenvalue weighted by Gasteiger charge is -2.01. The smallest absolute Gasteiger partial charge is 0.327 e. The monoisotopic (exact) mass is 292 g/mol. The van der Waals surface area contributed by atoms with Crippen molar-refractivity contribution < 1.29 is 9.53 Å². The SMILES string of the molecule is C=C(Br)CSc1nnnn1CC(=O)OC. The Kier molecular flexibility index (Phi) is 4.76. The highest BCUT2D eigenvalue weighted by molar-refractivity contribution is 9.11. The van der Waals surface area contributed by atoms with Crippen LogP contribution >= 0.6 is 27.7 Å². The standard InChI is InChI=1S/C7H9BrN4O2S/c1-5(8)4-15-7-9-10-11-12(7)3-6(13)14-2/h1,3-4H2,2H3. The van der Waals surface area contributed by atoms with Crippen molar-refractivity contribution >= 4 is 33.7 Å². The molecule has 0 saturated carbocycles. The molecular formula is C7H9BrN4O2S. The molecule has 0 aliphatic carbocycles. The molecule has 0 bridgehead atoms. The highest BCUT2D eigenvalue weighted by Gasteiger charge is 2.10. The van der Waals surface area contributed by atoms with Crippen LogP contribution in [0.4, 0.5) is 0 Å². The van der Waals surface area contributed by atoms with Crippen molar-refractivity contribution in [1.82, 2.24) is 20.2 Å². The van der Waals surface area contributed by atoms with Crippen LogP contribution in [0, 0.1) is 0 Å². The molecule has 1 aromatic heterocycles. The van der Waals surface area contributed by atoms with Crippen LogP contribution in [0.5, 0.6) is 0 Å². The predicted octanol–water partition coefficient (Wildman–Crippen LogP) is 0.847. The van der Waals surface area contributed by atoms with Gasteiger partial charge in [-0.25, -0.2) is 4.68 Å². The van der Waals surface area contributed by atoms with Crippen molar-refractivity contribution in [3.63, 3.8) is 0 Å². The molecule has 1 rings (SSSR count). The zero-order valence-electron chi connectivity index (χ0n) is 8.01. The van der Waals surface area contributed by atoms with Crippen molar-refractivity contribution in [2.24, 2.45) is 0 Å². The van der Waals surface area contributed by atoms with Gasteiger partial charge in [0.25, 0.3) is 0 Å². The van der Waals surface area contributed by atoms with Crippen LogP contribution in [0.1, 0.15) is 0 Å². The van der Waals surface area contributed by atoms with Crippen molar-refractivity contribution in [2.45, 2.75) is 11.7 Å². The van der Waals surface area contributed by atoms with E-state index in [2.05, 4.69) is 42.8 Å². The molecule has 0 spiro atoms. The molecule has 0 aliphatic rings. The third kappa shape index (κ3) is 4.00. The summed E-state index contributed by atoms with van der Waals surface area (Å²) in [5, 5.41) is 11.5. The number of halogens is 1. The van der Waals surface area contributed by atoms with E-state index in [4.69, 9.17) is 0 Å². The first-order chi connectivity index (χ1) is 7.13. The molecule has 1 heterocycles. The molecule has 0 aliphatic heterocycles. The van der Waals surface area contributed by atoms with Crippen LogP contribution in [0.15, 0.2) is 16.2 Å². The molecule has 0 fully saturated rings. The quantitative estimate of drug-likeness (QED) is 0.592. The minimum Gasteiger partial charge on any atom is -0.468 e. The molecule has 1 aromatic rings. The summed E-state index contributed by atoms with van der Waals surface area (Å²) in [6.45, 7) is 3.70. The van der Waals surface area contributed by atoms with Gasteiger partial charge in [0, 0.05) is 5.75 Å². The van der Waals surface area contributed by atoms with E-state index in [1.807, 2.05) is 0 Å². The fraction of sp³-hybridized carbons (Fsp3) is 0.429. The molecule has 6 nitrogen and oxygen atoms in total. The molecule has 0 unspecified atom stereocenters. The van der Waals surface area contributed by atoms with Crippen LogP contribution in [-0.4, -0.2) is 39.0 Å². The Labute approximate surface area is 99.2 Å². The fourth-order valence-corrected chi connectivity index (χ4v) is 1.70. The second-order valence-electron chi connectivity index (χ2n) is 2.50. The number of nitrogens with zero attached hydrogens (tertiary/aromatic N) is 4. The van der Waals surface area contributed by atoms with Gasteiger partial charge in [0.05, 0.1) is 7.11 Å². The minimum atomic E-state index is -0.387. The maximum absolute atomic E-state index is 11.0. The predicted molar refractivity (Wildman–Crippen MR) is 58.6 cm³/mol. The van der Waals surface area contributed by atoms with Crippen LogP contribution in [0.25, 0.3) is 0 Å². The van der Waals surface area contributed by atoms with Gasteiger partial charge in [0.2, 0.25) is 5.16 Å². The Morgan fingerprint density at radius 1 is 1.73 bits per heavy atom. The van der Waals surface area contributed by atoms with Crippen molar-refractivity contribution in [3.8, 4) is 0 Å². The lowest BCUT2D eigenvalue weighted by atomic mass is 10.7. The Morgan fingerprint density at radius 2 is 2.47 bits per heavy atom. The van der Waals surface area contributed by atoms with E-state index in [-0.39, 0.29) is 12.5 Å². The average Bonchev–Trinajstić information content (AvgIpc) is 2.62. The van der Waals surface area contributed by atoms with Gasteiger partial charge in [0.15, 0.2) is 0 Å². The van der Waals surface area contributed by atoms with E-state index < -0.39 is 0 Å². The average molecular weight is 293 g/mol. The summed E-state index contributed by atoms with van der Waals surface area (Å²) in [5.74, 6) is 0.253. The first kappa shape index (κ1) is 12.2. The normalized spacial score (nSPS) is 10.0. The Hall–Kier alpha value is -0.890. The first-order valence-electron chi connectivity index (χ1n) is 3.92. The minimum absolute atomic E-state index is 0.0145. The summed E-state index contributed by atoms with van der Waals surface area (Å²) >= 11 is 4.61. The van der Waals surface area contributed by atoms with Gasteiger partial charge in [-0.2, -0.15) is 0 Å². The number of aromatic nitrogens is 4. The van der Waals surface area contributed by atoms with E-state index in [1.54, 1.807) is 0 Å². The number of esters is 1. The van der Waals surface area contributed by atoms with E-state index in [0.29, 0.717) is 10.9 Å². The lowest BCUT2D eigenvalue weighted by molar-refractivity contribution is -0.141. The summed E-state index contributed by atoms with van der Waals surface area (Å²) in [6, 6.07) is 0. The van der Waals surface area contributed by atoms with Gasteiger partial charge < -0.3 is 4.74 Å². The summed E-state index contributed by atoms with van der Waals surface area (Å²) in [5.41, 5.74) is 0. The summed E-state index contributed by atoms with van der Waals surface area (Å²) in [4.78, 5) is 11.0. The maximum Gasteiger partial charge on any atom is 0.327 e. The molecule has 8 heteroatoms. The third-order valence-corrected chi connectivity index (χ3v) is 3.06. The summed E-state index contributed by atoms with van der Waals surface area (Å²) in [7, 11) is 1.32. The van der Waals surface area contributed by atoms with Gasteiger partial charge in [-0.15, -0.1) is 5.10 Å². The van der Waals surface area contributed by atoms with Gasteiger partial charge in [-0.05, 0) is 14.9 Å². The van der Waals surface area contributed by atoms with Crippen LogP contribution in [-0.2, 0) is 16.1 Å². The van der Waals surface area contributed by atoms with Gasteiger partial charge in [-0.3, -0.25) is 4.79 Å². The number of rotatable bonds is 5. The Balaban J connectivity index is 2.60. The number of hydrogen-bond acceptors (Lipinski definition) is 6. The van der Waals surface area contributed by atoms with E-state index in [9.17, 15) is 4.79 Å². The summed E-state index contributed by atoms with van der Waals surface area (Å²) < 4.78 is 6.73. The second-order valence-corrected chi connectivity index (χ2v) is 4.57. The van der Waals surface area contributed by atoms with E-state index in [1.165, 1.54) is 23.6 Å². The zero-order valence-corrected chi connectivity index (χ0v) is 10.4. The molecule has 0 aromatic carbocycles. The summed E-state index contributed by atoms with van der Waals surface area (Å²) in [6.07, 6.45) is 0. The lowest BCUT2D eigenvalue weighted by Crippen LogP contribution is -2.13. The number of thioether (sulfide) groups is 1. The molecule has 0 saturated heterocycles. The molecule has 0 atom stereocenters. The Morgan fingerprint density at radius 3 is 3.07 bits per heavy atom. The molecule has 0 N–H and O–H groups in total. The van der Waals surface area contributed by atoms with E-state index in [0.717, 1.165) is 4.48 Å².